The van der Waals surface area contributed by atoms with Crippen molar-refractivity contribution in [3.63, 3.8) is 0 Å². The molecule has 0 bridgehead atoms. The van der Waals surface area contributed by atoms with E-state index in [9.17, 15) is 35.9 Å². The predicted octanol–water partition coefficient (Wildman–Crippen LogP) is 6.47. The first-order valence-corrected chi connectivity index (χ1v) is 14.1. The summed E-state index contributed by atoms with van der Waals surface area (Å²) in [6.07, 6.45) is -9.89. The average molecular weight is 647 g/mol. The monoisotopic (exact) mass is 646 g/mol. The van der Waals surface area contributed by atoms with Crippen molar-refractivity contribution in [3.05, 3.63) is 80.5 Å². The number of carbonyl (C=O) groups is 2. The van der Waals surface area contributed by atoms with E-state index in [0.717, 1.165) is 20.9 Å². The maximum atomic E-state index is 13.7. The van der Waals surface area contributed by atoms with Crippen LogP contribution in [0.1, 0.15) is 37.5 Å². The van der Waals surface area contributed by atoms with Crippen molar-refractivity contribution in [2.75, 3.05) is 47.6 Å². The van der Waals surface area contributed by atoms with Crippen LogP contribution in [0.2, 0.25) is 0 Å². The molecule has 0 aliphatic rings. The van der Waals surface area contributed by atoms with Crippen LogP contribution in [-0.2, 0) is 34.8 Å². The van der Waals surface area contributed by atoms with E-state index in [-0.39, 0.29) is 32.3 Å². The van der Waals surface area contributed by atoms with Crippen LogP contribution in [0.15, 0.2) is 47.8 Å². The van der Waals surface area contributed by atoms with Crippen molar-refractivity contribution in [2.45, 2.75) is 32.2 Å². The smallest absolute Gasteiger partial charge is 0.416 e. The summed E-state index contributed by atoms with van der Waals surface area (Å²) < 4.78 is 96.4. The van der Waals surface area contributed by atoms with Crippen molar-refractivity contribution in [3.8, 4) is 11.5 Å². The number of benzene rings is 2. The number of carbonyl (C=O) groups excluding carboxylic acids is 2. The number of amides is 2. The molecule has 3 rings (SSSR count). The number of hydrogen-bond donors (Lipinski definition) is 0. The topological polar surface area (TPSA) is 68.3 Å². The summed E-state index contributed by atoms with van der Waals surface area (Å²) in [7, 11) is 4.30. The van der Waals surface area contributed by atoms with Gasteiger partial charge in [0.05, 0.1) is 38.5 Å². The summed E-state index contributed by atoms with van der Waals surface area (Å²) in [6, 6.07) is 7.83. The zero-order chi connectivity index (χ0) is 32.7. The Hall–Kier alpha value is -3.78. The maximum absolute atomic E-state index is 13.7. The number of aryl methyl sites for hydroxylation is 1. The number of alkyl halides is 6. The van der Waals surface area contributed by atoms with E-state index in [1.807, 2.05) is 18.4 Å². The Kier molecular flexibility index (Phi) is 11.7. The van der Waals surface area contributed by atoms with Gasteiger partial charge in [-0.3, -0.25) is 9.59 Å². The van der Waals surface area contributed by atoms with Crippen LogP contribution in [0.4, 0.5) is 26.3 Å². The lowest BCUT2D eigenvalue weighted by molar-refractivity contribution is -0.143. The molecule has 0 N–H and O–H groups in total. The third-order valence-electron chi connectivity index (χ3n) is 6.79. The third kappa shape index (κ3) is 9.11. The molecule has 0 radical (unpaired) electrons. The fourth-order valence-corrected chi connectivity index (χ4v) is 5.23. The lowest BCUT2D eigenvalue weighted by atomic mass is 10.0. The molecule has 0 unspecified atom stereocenters. The highest BCUT2D eigenvalue weighted by Gasteiger charge is 2.38. The quantitative estimate of drug-likeness (QED) is 0.199. The van der Waals surface area contributed by atoms with Crippen molar-refractivity contribution >= 4 is 23.2 Å². The second kappa shape index (κ2) is 14.8. The molecular formula is C30H32F6N2O5S. The lowest BCUT2D eigenvalue weighted by Gasteiger charge is -2.28. The Bertz CT molecular complexity index is 1410. The fraction of sp³-hybridized carbons (Fsp3) is 0.400. The highest BCUT2D eigenvalue weighted by atomic mass is 32.1. The molecule has 0 spiro atoms. The van der Waals surface area contributed by atoms with E-state index in [1.165, 1.54) is 37.6 Å². The van der Waals surface area contributed by atoms with E-state index >= 15 is 0 Å². The van der Waals surface area contributed by atoms with Gasteiger partial charge < -0.3 is 24.0 Å². The molecule has 3 aromatic rings. The lowest BCUT2D eigenvalue weighted by Crippen LogP contribution is -2.44. The van der Waals surface area contributed by atoms with Crippen LogP contribution in [-0.4, -0.2) is 69.2 Å². The second-order valence-electron chi connectivity index (χ2n) is 9.80. The van der Waals surface area contributed by atoms with Gasteiger partial charge in [0.25, 0.3) is 5.91 Å². The molecule has 44 heavy (non-hydrogen) atoms. The molecule has 2 aromatic carbocycles. The summed E-state index contributed by atoms with van der Waals surface area (Å²) >= 11 is 1.43. The van der Waals surface area contributed by atoms with E-state index in [0.29, 0.717) is 30.1 Å². The normalized spacial score (nSPS) is 11.8. The van der Waals surface area contributed by atoms with Gasteiger partial charge in [-0.25, -0.2) is 0 Å². The molecule has 1 aromatic heterocycles. The van der Waals surface area contributed by atoms with Gasteiger partial charge in [0.2, 0.25) is 5.91 Å². The van der Waals surface area contributed by atoms with Crippen LogP contribution in [0.25, 0.3) is 0 Å². The SMILES string of the molecule is COCCN(CC(=O)N(CCc1ccc(OC)c(OC)c1)Cc1sccc1C)C(=O)c1cc(C(F)(F)F)cc(C(F)(F)F)c1. The average Bonchev–Trinajstić information content (AvgIpc) is 3.39. The summed E-state index contributed by atoms with van der Waals surface area (Å²) in [5.74, 6) is -0.702. The van der Waals surface area contributed by atoms with Gasteiger partial charge in [0.1, 0.15) is 6.54 Å². The maximum Gasteiger partial charge on any atom is 0.416 e. The van der Waals surface area contributed by atoms with Gasteiger partial charge in [0, 0.05) is 30.6 Å². The number of hydrogen-bond acceptors (Lipinski definition) is 6. The van der Waals surface area contributed by atoms with Crippen LogP contribution in [0.5, 0.6) is 11.5 Å². The molecule has 0 saturated heterocycles. The molecule has 1 heterocycles. The molecule has 0 aliphatic carbocycles. The Morgan fingerprint density at radius 1 is 0.818 bits per heavy atom. The first-order valence-electron chi connectivity index (χ1n) is 13.3. The summed E-state index contributed by atoms with van der Waals surface area (Å²) in [4.78, 5) is 30.3. The van der Waals surface area contributed by atoms with Gasteiger partial charge in [-0.1, -0.05) is 6.07 Å². The molecule has 240 valence electrons. The van der Waals surface area contributed by atoms with Crippen LogP contribution >= 0.6 is 11.3 Å². The first-order chi connectivity index (χ1) is 20.7. The number of thiophene rings is 1. The Labute approximate surface area is 254 Å². The highest BCUT2D eigenvalue weighted by Crippen LogP contribution is 2.36. The molecule has 7 nitrogen and oxygen atoms in total. The first kappa shape index (κ1) is 34.7. The molecule has 0 atom stereocenters. The zero-order valence-electron chi connectivity index (χ0n) is 24.5. The molecular weight excluding hydrogens is 614 g/mol. The van der Waals surface area contributed by atoms with Gasteiger partial charge >= 0.3 is 12.4 Å². The molecule has 0 aliphatic heterocycles. The molecule has 0 saturated carbocycles. The van der Waals surface area contributed by atoms with Crippen molar-refractivity contribution < 1.29 is 50.1 Å². The van der Waals surface area contributed by atoms with E-state index in [1.54, 1.807) is 18.2 Å². The van der Waals surface area contributed by atoms with Crippen molar-refractivity contribution in [1.29, 1.82) is 0 Å². The van der Waals surface area contributed by atoms with Gasteiger partial charge in [-0.2, -0.15) is 26.3 Å². The number of halogens is 6. The van der Waals surface area contributed by atoms with Crippen LogP contribution in [0, 0.1) is 6.92 Å². The van der Waals surface area contributed by atoms with Gasteiger partial charge in [0.15, 0.2) is 11.5 Å². The molecule has 0 fully saturated rings. The number of ether oxygens (including phenoxy) is 3. The second-order valence-corrected chi connectivity index (χ2v) is 10.8. The number of rotatable bonds is 13. The Morgan fingerprint density at radius 3 is 1.98 bits per heavy atom. The molecule has 2 amide bonds. The van der Waals surface area contributed by atoms with E-state index < -0.39 is 47.4 Å². The summed E-state index contributed by atoms with van der Waals surface area (Å²) in [5.41, 5.74) is -2.34. The van der Waals surface area contributed by atoms with E-state index in [4.69, 9.17) is 14.2 Å². The van der Waals surface area contributed by atoms with Crippen LogP contribution in [0.3, 0.4) is 0 Å². The predicted molar refractivity (Wildman–Crippen MR) is 152 cm³/mol. The third-order valence-corrected chi connectivity index (χ3v) is 7.79. The minimum absolute atomic E-state index is 0.0549. The highest BCUT2D eigenvalue weighted by molar-refractivity contribution is 7.10. The summed E-state index contributed by atoms with van der Waals surface area (Å²) in [5, 5.41) is 1.86. The van der Waals surface area contributed by atoms with Gasteiger partial charge in [-0.15, -0.1) is 11.3 Å². The fourth-order valence-electron chi connectivity index (χ4n) is 4.31. The Morgan fingerprint density at radius 2 is 1.45 bits per heavy atom. The van der Waals surface area contributed by atoms with Crippen molar-refractivity contribution in [1.82, 2.24) is 9.80 Å². The Balaban J connectivity index is 1.92. The van der Waals surface area contributed by atoms with Gasteiger partial charge in [-0.05, 0) is 66.2 Å². The minimum Gasteiger partial charge on any atom is -0.493 e. The largest absolute Gasteiger partial charge is 0.493 e. The molecule has 14 heteroatoms. The summed E-state index contributed by atoms with van der Waals surface area (Å²) in [6.45, 7) is 1.29. The van der Waals surface area contributed by atoms with Crippen LogP contribution < -0.4 is 9.47 Å². The van der Waals surface area contributed by atoms with E-state index in [2.05, 4.69) is 0 Å². The number of nitrogens with zero attached hydrogens (tertiary/aromatic N) is 2. The van der Waals surface area contributed by atoms with Crippen molar-refractivity contribution in [2.24, 2.45) is 0 Å². The standard InChI is InChI=1S/C30H32F6N2O5S/c1-19-8-12-44-26(19)17-37(9-7-20-5-6-24(42-3)25(13-20)43-4)27(39)18-38(10-11-41-2)28(40)21-14-22(29(31,32)33)16-23(15-21)30(34,35)36/h5-6,8,12-16H,7,9-11,17-18H2,1-4H3. The minimum atomic E-state index is -5.14. The number of methoxy groups -OCH3 is 3. The zero-order valence-corrected chi connectivity index (χ0v) is 25.3.